The molecule has 0 saturated heterocycles. The van der Waals surface area contributed by atoms with E-state index >= 15 is 0 Å². The van der Waals surface area contributed by atoms with Crippen LogP contribution in [-0.4, -0.2) is 40.7 Å². The Bertz CT molecular complexity index is 1210. The number of aryl methyl sites for hydroxylation is 4. The molecule has 0 aliphatic heterocycles. The van der Waals surface area contributed by atoms with Gasteiger partial charge in [0.25, 0.3) is 0 Å². The van der Waals surface area contributed by atoms with Crippen LogP contribution in [0.3, 0.4) is 0 Å². The highest BCUT2D eigenvalue weighted by Gasteiger charge is 2.20. The summed E-state index contributed by atoms with van der Waals surface area (Å²) in [7, 11) is -2.10. The molecule has 0 atom stereocenters. The van der Waals surface area contributed by atoms with Crippen molar-refractivity contribution in [3.8, 4) is 0 Å². The lowest BCUT2D eigenvalue weighted by atomic mass is 9.98. The highest BCUT2D eigenvalue weighted by Crippen LogP contribution is 2.28. The molecule has 8 nitrogen and oxygen atoms in total. The van der Waals surface area contributed by atoms with Crippen molar-refractivity contribution < 1.29 is 12.8 Å². The number of nitrogens with one attached hydrogen (secondary N) is 1. The molecule has 10 heteroatoms. The lowest BCUT2D eigenvalue weighted by Gasteiger charge is -2.12. The van der Waals surface area contributed by atoms with Gasteiger partial charge in [0.15, 0.2) is 17.0 Å². The van der Waals surface area contributed by atoms with E-state index in [1.54, 1.807) is 4.57 Å². The minimum absolute atomic E-state index is 0.0605. The molecule has 0 radical (unpaired) electrons. The summed E-state index contributed by atoms with van der Waals surface area (Å²) >= 11 is 0. The SMILES string of the molecule is CNS(=O)(=O)CCn1c(Cc2cc3c(cc2C)CCC3)nc2c(N)nc(F)nc21. The van der Waals surface area contributed by atoms with Crippen LogP contribution >= 0.6 is 0 Å². The van der Waals surface area contributed by atoms with E-state index in [2.05, 4.69) is 38.7 Å². The second kappa shape index (κ2) is 7.34. The van der Waals surface area contributed by atoms with Crippen molar-refractivity contribution in [2.24, 2.45) is 0 Å². The van der Waals surface area contributed by atoms with Crippen LogP contribution in [0.2, 0.25) is 0 Å². The topological polar surface area (TPSA) is 116 Å². The number of nitrogens with two attached hydrogens (primary N) is 1. The fourth-order valence-corrected chi connectivity index (χ4v) is 4.51. The van der Waals surface area contributed by atoms with Gasteiger partial charge in [-0.1, -0.05) is 12.1 Å². The molecule has 0 unspecified atom stereocenters. The zero-order chi connectivity index (χ0) is 20.8. The summed E-state index contributed by atoms with van der Waals surface area (Å²) in [5.41, 5.74) is 11.3. The van der Waals surface area contributed by atoms with E-state index in [-0.39, 0.29) is 29.3 Å². The van der Waals surface area contributed by atoms with Crippen molar-refractivity contribution in [1.29, 1.82) is 0 Å². The summed E-state index contributed by atoms with van der Waals surface area (Å²) in [6.45, 7) is 2.13. The molecular formula is C19H23FN6O2S. The molecule has 3 aromatic rings. The zero-order valence-corrected chi connectivity index (χ0v) is 17.2. The third-order valence-corrected chi connectivity index (χ3v) is 6.81. The summed E-state index contributed by atoms with van der Waals surface area (Å²) < 4.78 is 41.6. The normalized spacial score (nSPS) is 13.9. The second-order valence-electron chi connectivity index (χ2n) is 7.33. The summed E-state index contributed by atoms with van der Waals surface area (Å²) in [5.74, 6) is 0.338. The number of nitrogens with zero attached hydrogens (tertiary/aromatic N) is 4. The summed E-state index contributed by atoms with van der Waals surface area (Å²) in [5, 5.41) is 0. The van der Waals surface area contributed by atoms with E-state index in [4.69, 9.17) is 5.73 Å². The molecule has 0 bridgehead atoms. The number of anilines is 1. The van der Waals surface area contributed by atoms with Crippen LogP contribution in [0.5, 0.6) is 0 Å². The van der Waals surface area contributed by atoms with Gasteiger partial charge in [-0.15, -0.1) is 0 Å². The van der Waals surface area contributed by atoms with Crippen LogP contribution in [0.4, 0.5) is 10.2 Å². The van der Waals surface area contributed by atoms with Crippen molar-refractivity contribution >= 4 is 27.0 Å². The van der Waals surface area contributed by atoms with Gasteiger partial charge < -0.3 is 10.3 Å². The predicted octanol–water partition coefficient (Wildman–Crippen LogP) is 1.48. The zero-order valence-electron chi connectivity index (χ0n) is 16.4. The van der Waals surface area contributed by atoms with Crippen molar-refractivity contribution in [2.75, 3.05) is 18.5 Å². The summed E-state index contributed by atoms with van der Waals surface area (Å²) in [6.07, 6.45) is 2.82. The second-order valence-corrected chi connectivity index (χ2v) is 9.38. The first kappa shape index (κ1) is 19.7. The van der Waals surface area contributed by atoms with E-state index < -0.39 is 16.1 Å². The average molecular weight is 418 g/mol. The fourth-order valence-electron chi connectivity index (χ4n) is 3.88. The molecule has 2 aromatic heterocycles. The molecule has 0 amide bonds. The van der Waals surface area contributed by atoms with Crippen LogP contribution in [0.15, 0.2) is 12.1 Å². The Labute approximate surface area is 168 Å². The Balaban J connectivity index is 1.79. The Morgan fingerprint density at radius 1 is 1.21 bits per heavy atom. The van der Waals surface area contributed by atoms with E-state index in [1.165, 1.54) is 18.2 Å². The molecule has 29 heavy (non-hydrogen) atoms. The molecular weight excluding hydrogens is 395 g/mol. The first-order valence-corrected chi connectivity index (χ1v) is 11.1. The van der Waals surface area contributed by atoms with Crippen molar-refractivity contribution in [2.45, 2.75) is 39.2 Å². The largest absolute Gasteiger partial charge is 0.382 e. The van der Waals surface area contributed by atoms with E-state index in [1.807, 2.05) is 0 Å². The first-order chi connectivity index (χ1) is 13.8. The van der Waals surface area contributed by atoms with Gasteiger partial charge in [-0.05, 0) is 55.5 Å². The van der Waals surface area contributed by atoms with E-state index in [9.17, 15) is 12.8 Å². The minimum Gasteiger partial charge on any atom is -0.382 e. The van der Waals surface area contributed by atoms with Crippen molar-refractivity contribution in [3.63, 3.8) is 0 Å². The highest BCUT2D eigenvalue weighted by molar-refractivity contribution is 7.89. The summed E-state index contributed by atoms with van der Waals surface area (Å²) in [4.78, 5) is 11.9. The van der Waals surface area contributed by atoms with E-state index in [0.717, 1.165) is 30.4 Å². The van der Waals surface area contributed by atoms with Crippen LogP contribution in [0.25, 0.3) is 11.2 Å². The number of imidazole rings is 1. The molecule has 0 spiro atoms. The van der Waals surface area contributed by atoms with Crippen LogP contribution < -0.4 is 10.5 Å². The third kappa shape index (κ3) is 3.82. The standard InChI is InChI=1S/C19H23FN6O2S/c1-11-8-12-4-3-5-13(12)9-14(11)10-15-23-16-17(21)24-19(20)25-18(16)26(15)6-7-29(27,28)22-2/h8-9,22H,3-7,10H2,1-2H3,(H2,21,24,25). The van der Waals surface area contributed by atoms with Gasteiger partial charge in [-0.2, -0.15) is 14.4 Å². The lowest BCUT2D eigenvalue weighted by molar-refractivity contribution is 0.542. The Kier molecular flexibility index (Phi) is 4.99. The lowest BCUT2D eigenvalue weighted by Crippen LogP contribution is -2.25. The van der Waals surface area contributed by atoms with Gasteiger partial charge in [0.2, 0.25) is 10.0 Å². The molecule has 154 valence electrons. The third-order valence-electron chi connectivity index (χ3n) is 5.47. The maximum absolute atomic E-state index is 13.8. The molecule has 1 aliphatic rings. The van der Waals surface area contributed by atoms with Crippen molar-refractivity contribution in [3.05, 3.63) is 46.3 Å². The molecule has 4 rings (SSSR count). The number of rotatable bonds is 6. The quantitative estimate of drug-likeness (QED) is 0.586. The van der Waals surface area contributed by atoms with Gasteiger partial charge >= 0.3 is 6.08 Å². The summed E-state index contributed by atoms with van der Waals surface area (Å²) in [6, 6.07) is 4.41. The number of benzene rings is 1. The molecule has 3 N–H and O–H groups in total. The number of hydrogen-bond donors (Lipinski definition) is 2. The number of fused-ring (bicyclic) bond motifs is 2. The smallest absolute Gasteiger partial charge is 0.312 e. The monoisotopic (exact) mass is 418 g/mol. The van der Waals surface area contributed by atoms with Crippen LogP contribution in [-0.2, 0) is 35.8 Å². The highest BCUT2D eigenvalue weighted by atomic mass is 32.2. The number of hydrogen-bond acceptors (Lipinski definition) is 6. The molecule has 1 aliphatic carbocycles. The number of sulfonamides is 1. The molecule has 2 heterocycles. The molecule has 0 saturated carbocycles. The van der Waals surface area contributed by atoms with Crippen LogP contribution in [0, 0.1) is 13.0 Å². The Morgan fingerprint density at radius 3 is 2.66 bits per heavy atom. The number of aromatic nitrogens is 4. The fraction of sp³-hybridized carbons (Fsp3) is 0.421. The van der Waals surface area contributed by atoms with Gasteiger partial charge in [0.05, 0.1) is 5.75 Å². The minimum atomic E-state index is -3.46. The van der Waals surface area contributed by atoms with Gasteiger partial charge in [-0.25, -0.2) is 18.1 Å². The Morgan fingerprint density at radius 2 is 1.93 bits per heavy atom. The molecule has 1 aromatic carbocycles. The van der Waals surface area contributed by atoms with Crippen LogP contribution in [0.1, 0.15) is 34.5 Å². The van der Waals surface area contributed by atoms with Gasteiger partial charge in [-0.3, -0.25) is 0 Å². The van der Waals surface area contributed by atoms with E-state index in [0.29, 0.717) is 12.2 Å². The Hall–Kier alpha value is -2.59. The average Bonchev–Trinajstić information content (AvgIpc) is 3.24. The maximum atomic E-state index is 13.8. The number of halogens is 1. The molecule has 0 fully saturated rings. The van der Waals surface area contributed by atoms with Gasteiger partial charge in [0.1, 0.15) is 5.82 Å². The maximum Gasteiger partial charge on any atom is 0.312 e. The van der Waals surface area contributed by atoms with Crippen molar-refractivity contribution in [1.82, 2.24) is 24.2 Å². The number of nitrogen functional groups attached to an aromatic ring is 1. The van der Waals surface area contributed by atoms with Gasteiger partial charge in [0, 0.05) is 13.0 Å². The predicted molar refractivity (Wildman–Crippen MR) is 109 cm³/mol. The first-order valence-electron chi connectivity index (χ1n) is 9.48.